The van der Waals surface area contributed by atoms with Crippen LogP contribution in [0.2, 0.25) is 0 Å². The molecule has 1 atom stereocenters. The van der Waals surface area contributed by atoms with Crippen molar-refractivity contribution in [1.29, 1.82) is 0 Å². The van der Waals surface area contributed by atoms with Crippen LogP contribution in [0.4, 0.5) is 5.69 Å². The van der Waals surface area contributed by atoms with Crippen molar-refractivity contribution in [2.75, 3.05) is 17.9 Å². The molecule has 1 heterocycles. The summed E-state index contributed by atoms with van der Waals surface area (Å²) < 4.78 is 32.5. The van der Waals surface area contributed by atoms with E-state index in [2.05, 4.69) is 4.72 Å². The molecular formula is C13H18ClNO3S. The molecule has 1 N–H and O–H groups in total. The minimum absolute atomic E-state index is 0.242. The smallest absolute Gasteiger partial charge is 0.235 e. The number of alkyl halides is 1. The zero-order valence-corrected chi connectivity index (χ0v) is 12.4. The highest BCUT2D eigenvalue weighted by atomic mass is 35.5. The summed E-state index contributed by atoms with van der Waals surface area (Å²) in [5.41, 5.74) is 1.36. The van der Waals surface area contributed by atoms with E-state index in [1.165, 1.54) is 0 Å². The van der Waals surface area contributed by atoms with Crippen molar-refractivity contribution in [2.24, 2.45) is 0 Å². The third kappa shape index (κ3) is 3.61. The van der Waals surface area contributed by atoms with Crippen LogP contribution in [0.25, 0.3) is 0 Å². The highest BCUT2D eigenvalue weighted by Crippen LogP contribution is 2.29. The number of hydrogen-bond acceptors (Lipinski definition) is 3. The lowest BCUT2D eigenvalue weighted by atomic mass is 10.1. The molecule has 1 fully saturated rings. The zero-order valence-electron chi connectivity index (χ0n) is 10.8. The molecule has 1 aromatic carbocycles. The summed E-state index contributed by atoms with van der Waals surface area (Å²) in [5.74, 6) is 0. The lowest BCUT2D eigenvalue weighted by Crippen LogP contribution is -2.33. The molecule has 1 saturated heterocycles. The Morgan fingerprint density at radius 3 is 2.58 bits per heavy atom. The van der Waals surface area contributed by atoms with Gasteiger partial charge in [0.15, 0.2) is 0 Å². The Hall–Kier alpha value is -0.780. The van der Waals surface area contributed by atoms with Gasteiger partial charge in [0.05, 0.1) is 16.3 Å². The summed E-state index contributed by atoms with van der Waals surface area (Å²) in [7, 11) is -3.38. The van der Waals surface area contributed by atoms with Crippen molar-refractivity contribution in [2.45, 2.75) is 30.4 Å². The fraction of sp³-hybridized carbons (Fsp3) is 0.538. The SMILES string of the molecule is CC(Cl)c1ccccc1NS(=O)(=O)C1CCOCC1. The molecule has 19 heavy (non-hydrogen) atoms. The highest BCUT2D eigenvalue weighted by Gasteiger charge is 2.28. The number of ether oxygens (including phenoxy) is 1. The Morgan fingerprint density at radius 2 is 1.95 bits per heavy atom. The van der Waals surface area contributed by atoms with Crippen molar-refractivity contribution >= 4 is 27.3 Å². The minimum Gasteiger partial charge on any atom is -0.381 e. The maximum Gasteiger partial charge on any atom is 0.235 e. The monoisotopic (exact) mass is 303 g/mol. The van der Waals surface area contributed by atoms with Crippen LogP contribution in [-0.2, 0) is 14.8 Å². The van der Waals surface area contributed by atoms with Gasteiger partial charge in [-0.25, -0.2) is 8.42 Å². The van der Waals surface area contributed by atoms with Gasteiger partial charge in [0.25, 0.3) is 0 Å². The lowest BCUT2D eigenvalue weighted by molar-refractivity contribution is 0.0984. The number of sulfonamides is 1. The topological polar surface area (TPSA) is 55.4 Å². The first kappa shape index (κ1) is 14.6. The van der Waals surface area contributed by atoms with Crippen LogP contribution >= 0.6 is 11.6 Å². The second-order valence-electron chi connectivity index (χ2n) is 4.66. The van der Waals surface area contributed by atoms with E-state index in [4.69, 9.17) is 16.3 Å². The second-order valence-corrected chi connectivity index (χ2v) is 7.28. The summed E-state index contributed by atoms with van der Waals surface area (Å²) in [5, 5.41) is -0.631. The van der Waals surface area contributed by atoms with Gasteiger partial charge in [0.1, 0.15) is 0 Å². The predicted octanol–water partition coefficient (Wildman–Crippen LogP) is 2.91. The fourth-order valence-electron chi connectivity index (χ4n) is 2.16. The van der Waals surface area contributed by atoms with Gasteiger partial charge in [-0.3, -0.25) is 4.72 Å². The standard InChI is InChI=1S/C13H18ClNO3S/c1-10(14)12-4-2-3-5-13(12)15-19(16,17)11-6-8-18-9-7-11/h2-5,10-11,15H,6-9H2,1H3. The molecule has 0 spiro atoms. The maximum atomic E-state index is 12.3. The van der Waals surface area contributed by atoms with E-state index >= 15 is 0 Å². The molecule has 1 aliphatic rings. The molecular weight excluding hydrogens is 286 g/mol. The molecule has 0 saturated carbocycles. The molecule has 0 aromatic heterocycles. The van der Waals surface area contributed by atoms with Crippen LogP contribution in [-0.4, -0.2) is 26.9 Å². The van der Waals surface area contributed by atoms with Gasteiger partial charge in [-0.15, -0.1) is 11.6 Å². The van der Waals surface area contributed by atoms with E-state index in [0.717, 1.165) is 5.56 Å². The Morgan fingerprint density at radius 1 is 1.32 bits per heavy atom. The van der Waals surface area contributed by atoms with Gasteiger partial charge in [-0.2, -0.15) is 0 Å². The molecule has 2 rings (SSSR count). The number of nitrogens with one attached hydrogen (secondary N) is 1. The van der Waals surface area contributed by atoms with E-state index < -0.39 is 10.0 Å². The molecule has 0 amide bonds. The molecule has 0 radical (unpaired) electrons. The van der Waals surface area contributed by atoms with Gasteiger partial charge in [-0.1, -0.05) is 18.2 Å². The van der Waals surface area contributed by atoms with E-state index in [0.29, 0.717) is 31.7 Å². The number of benzene rings is 1. The molecule has 1 aliphatic heterocycles. The summed E-state index contributed by atoms with van der Waals surface area (Å²) in [6, 6.07) is 7.22. The van der Waals surface area contributed by atoms with Gasteiger partial charge in [0, 0.05) is 13.2 Å². The fourth-order valence-corrected chi connectivity index (χ4v) is 3.82. The number of rotatable bonds is 4. The quantitative estimate of drug-likeness (QED) is 0.870. The summed E-state index contributed by atoms with van der Waals surface area (Å²) >= 11 is 6.07. The van der Waals surface area contributed by atoms with Crippen molar-refractivity contribution in [3.8, 4) is 0 Å². The van der Waals surface area contributed by atoms with Crippen LogP contribution in [0.15, 0.2) is 24.3 Å². The molecule has 4 nitrogen and oxygen atoms in total. The average Bonchev–Trinajstić information content (AvgIpc) is 2.39. The second kappa shape index (κ2) is 6.11. The minimum atomic E-state index is -3.38. The number of anilines is 1. The number of para-hydroxylation sites is 1. The number of halogens is 1. The maximum absolute atomic E-state index is 12.3. The van der Waals surface area contributed by atoms with E-state index in [-0.39, 0.29) is 10.6 Å². The Kier molecular flexibility index (Phi) is 4.71. The van der Waals surface area contributed by atoms with Crippen molar-refractivity contribution in [3.63, 3.8) is 0 Å². The van der Waals surface area contributed by atoms with Gasteiger partial charge in [0.2, 0.25) is 10.0 Å². The van der Waals surface area contributed by atoms with E-state index in [1.807, 2.05) is 19.1 Å². The Balaban J connectivity index is 2.20. The first-order valence-electron chi connectivity index (χ1n) is 6.33. The van der Waals surface area contributed by atoms with Crippen molar-refractivity contribution in [1.82, 2.24) is 0 Å². The first-order chi connectivity index (χ1) is 9.00. The highest BCUT2D eigenvalue weighted by molar-refractivity contribution is 7.93. The lowest BCUT2D eigenvalue weighted by Gasteiger charge is -2.23. The third-order valence-electron chi connectivity index (χ3n) is 3.25. The molecule has 1 aromatic rings. The van der Waals surface area contributed by atoms with Crippen LogP contribution in [0, 0.1) is 0 Å². The predicted molar refractivity (Wildman–Crippen MR) is 77.1 cm³/mol. The third-order valence-corrected chi connectivity index (χ3v) is 5.34. The Labute approximate surface area is 119 Å². The zero-order chi connectivity index (χ0) is 13.9. The molecule has 0 aliphatic carbocycles. The first-order valence-corrected chi connectivity index (χ1v) is 8.31. The molecule has 6 heteroatoms. The van der Waals surface area contributed by atoms with Crippen LogP contribution in [0.3, 0.4) is 0 Å². The van der Waals surface area contributed by atoms with Gasteiger partial charge in [-0.05, 0) is 31.4 Å². The van der Waals surface area contributed by atoms with Gasteiger partial charge < -0.3 is 4.74 Å². The normalized spacial score (nSPS) is 19.1. The summed E-state index contributed by atoms with van der Waals surface area (Å²) in [6.07, 6.45) is 1.07. The van der Waals surface area contributed by atoms with E-state index in [1.54, 1.807) is 12.1 Å². The number of hydrogen-bond donors (Lipinski definition) is 1. The summed E-state index contributed by atoms with van der Waals surface area (Å²) in [4.78, 5) is 0. The van der Waals surface area contributed by atoms with Crippen LogP contribution < -0.4 is 4.72 Å². The van der Waals surface area contributed by atoms with Crippen molar-refractivity contribution < 1.29 is 13.2 Å². The molecule has 106 valence electrons. The van der Waals surface area contributed by atoms with Gasteiger partial charge >= 0.3 is 0 Å². The van der Waals surface area contributed by atoms with E-state index in [9.17, 15) is 8.42 Å². The van der Waals surface area contributed by atoms with Crippen molar-refractivity contribution in [3.05, 3.63) is 29.8 Å². The Bertz CT molecular complexity index is 524. The van der Waals surface area contributed by atoms with Crippen LogP contribution in [0.1, 0.15) is 30.7 Å². The summed E-state index contributed by atoms with van der Waals surface area (Å²) in [6.45, 7) is 2.82. The molecule has 0 bridgehead atoms. The largest absolute Gasteiger partial charge is 0.381 e. The molecule has 1 unspecified atom stereocenters. The average molecular weight is 304 g/mol. The van der Waals surface area contributed by atoms with Crippen LogP contribution in [0.5, 0.6) is 0 Å².